The first-order valence-electron chi connectivity index (χ1n) is 9.83. The van der Waals surface area contributed by atoms with Crippen LogP contribution in [0.1, 0.15) is 25.8 Å². The number of carbonyl (C=O) groups excluding carboxylic acids is 1. The topological polar surface area (TPSA) is 83.8 Å². The van der Waals surface area contributed by atoms with Gasteiger partial charge in [0.15, 0.2) is 5.65 Å². The highest BCUT2D eigenvalue weighted by Crippen LogP contribution is 2.42. The van der Waals surface area contributed by atoms with E-state index >= 15 is 0 Å². The van der Waals surface area contributed by atoms with Crippen LogP contribution in [0.25, 0.3) is 5.65 Å². The fourth-order valence-electron chi connectivity index (χ4n) is 4.11. The Balaban J connectivity index is 1.43. The van der Waals surface area contributed by atoms with Gasteiger partial charge in [-0.25, -0.2) is 0 Å². The van der Waals surface area contributed by atoms with Crippen LogP contribution in [0, 0.1) is 0 Å². The minimum Gasteiger partial charge on any atom is -0.379 e. The number of aromatic nitrogens is 3. The summed E-state index contributed by atoms with van der Waals surface area (Å²) in [6.45, 7) is 5.40. The molecule has 4 heterocycles. The largest absolute Gasteiger partial charge is 0.379 e. The Morgan fingerprint density at radius 1 is 1.24 bits per heavy atom. The molecule has 29 heavy (non-hydrogen) atoms. The summed E-state index contributed by atoms with van der Waals surface area (Å²) >= 11 is 0. The van der Waals surface area contributed by atoms with Crippen molar-refractivity contribution in [1.82, 2.24) is 14.6 Å². The number of fused-ring (bicyclic) bond motifs is 2. The first kappa shape index (κ1) is 17.9. The predicted octanol–water partition coefficient (Wildman–Crippen LogP) is 2.93. The van der Waals surface area contributed by atoms with Crippen molar-refractivity contribution in [2.75, 3.05) is 35.8 Å². The van der Waals surface area contributed by atoms with E-state index in [1.54, 1.807) is 9.42 Å². The molecule has 0 unspecified atom stereocenters. The maximum atomic E-state index is 12.5. The van der Waals surface area contributed by atoms with Gasteiger partial charge in [-0.05, 0) is 50.1 Å². The van der Waals surface area contributed by atoms with Crippen molar-refractivity contribution in [2.24, 2.45) is 0 Å². The van der Waals surface area contributed by atoms with Gasteiger partial charge in [-0.2, -0.15) is 9.50 Å². The molecule has 8 heteroatoms. The molecule has 1 aromatic carbocycles. The Kier molecular flexibility index (Phi) is 3.99. The van der Waals surface area contributed by atoms with Crippen LogP contribution in [-0.4, -0.2) is 46.8 Å². The number of nitrogens with one attached hydrogen (secondary N) is 2. The van der Waals surface area contributed by atoms with Crippen LogP contribution < -0.4 is 15.5 Å². The van der Waals surface area contributed by atoms with Gasteiger partial charge in [0, 0.05) is 25.0 Å². The molecule has 5 rings (SSSR count). The lowest BCUT2D eigenvalue weighted by molar-refractivity contribution is -0.121. The van der Waals surface area contributed by atoms with Crippen molar-refractivity contribution in [1.29, 1.82) is 0 Å². The summed E-state index contributed by atoms with van der Waals surface area (Å²) in [6.07, 6.45) is 0.980. The Hall–Kier alpha value is -3.13. The predicted molar refractivity (Wildman–Crippen MR) is 112 cm³/mol. The zero-order valence-electron chi connectivity index (χ0n) is 16.8. The molecular weight excluding hydrogens is 368 g/mol. The van der Waals surface area contributed by atoms with Gasteiger partial charge in [-0.15, -0.1) is 5.10 Å². The van der Waals surface area contributed by atoms with Gasteiger partial charge in [0.25, 0.3) is 0 Å². The number of carbonyl (C=O) groups is 1. The summed E-state index contributed by atoms with van der Waals surface area (Å²) in [7, 11) is 1.81. The molecule has 0 saturated carbocycles. The first-order chi connectivity index (χ1) is 13.9. The molecule has 2 N–H and O–H groups in total. The lowest BCUT2D eigenvalue weighted by Gasteiger charge is -2.16. The van der Waals surface area contributed by atoms with Crippen LogP contribution >= 0.6 is 0 Å². The second-order valence-electron chi connectivity index (χ2n) is 8.17. The van der Waals surface area contributed by atoms with E-state index in [-0.39, 0.29) is 11.9 Å². The van der Waals surface area contributed by atoms with E-state index in [9.17, 15) is 4.79 Å². The van der Waals surface area contributed by atoms with Gasteiger partial charge in [0.2, 0.25) is 11.9 Å². The number of ether oxygens (including phenoxy) is 1. The normalized spacial score (nSPS) is 20.3. The SMILES string of the molecule is CN1C(=O)C(C)(C)c2ccc(Nc3nc4cccc(N[C@@H]5CCOC5)n4n3)cc21. The standard InChI is InChI=1S/C21H24N6O2/c1-21(2)15-8-7-13(11-16(15)26(3)19(21)28)23-20-24-18-6-4-5-17(27(18)25-20)22-14-9-10-29-12-14/h4-8,11,14,22H,9-10,12H2,1-3H3,(H,23,25)/t14-/m1/s1. The fraction of sp³-hybridized carbons (Fsp3) is 0.381. The highest BCUT2D eigenvalue weighted by molar-refractivity contribution is 6.07. The zero-order chi connectivity index (χ0) is 20.2. The second-order valence-corrected chi connectivity index (χ2v) is 8.17. The summed E-state index contributed by atoms with van der Waals surface area (Å²) in [4.78, 5) is 18.8. The minimum atomic E-state index is -0.505. The van der Waals surface area contributed by atoms with Crippen molar-refractivity contribution >= 4 is 34.7 Å². The molecule has 0 aliphatic carbocycles. The molecule has 1 amide bonds. The number of likely N-dealkylation sites (N-methyl/N-ethyl adjacent to an activating group) is 1. The monoisotopic (exact) mass is 392 g/mol. The lowest BCUT2D eigenvalue weighted by atomic mass is 9.86. The van der Waals surface area contributed by atoms with Gasteiger partial charge < -0.3 is 20.3 Å². The van der Waals surface area contributed by atoms with Crippen molar-refractivity contribution in [3.63, 3.8) is 0 Å². The molecule has 1 atom stereocenters. The van der Waals surface area contributed by atoms with Crippen LogP contribution in [0.5, 0.6) is 0 Å². The molecule has 3 aromatic rings. The molecule has 1 fully saturated rings. The van der Waals surface area contributed by atoms with E-state index in [1.165, 1.54) is 0 Å². The van der Waals surface area contributed by atoms with Crippen LogP contribution in [0.4, 0.5) is 23.1 Å². The third-order valence-corrected chi connectivity index (χ3v) is 5.77. The summed E-state index contributed by atoms with van der Waals surface area (Å²) < 4.78 is 7.24. The average Bonchev–Trinajstić information content (AvgIpc) is 3.39. The van der Waals surface area contributed by atoms with Crippen LogP contribution in [-0.2, 0) is 14.9 Å². The third kappa shape index (κ3) is 2.91. The van der Waals surface area contributed by atoms with Crippen molar-refractivity contribution in [2.45, 2.75) is 31.7 Å². The van der Waals surface area contributed by atoms with E-state index in [1.807, 2.05) is 57.3 Å². The van der Waals surface area contributed by atoms with Crippen LogP contribution in [0.2, 0.25) is 0 Å². The average molecular weight is 392 g/mol. The van der Waals surface area contributed by atoms with E-state index in [0.717, 1.165) is 41.4 Å². The maximum absolute atomic E-state index is 12.5. The molecule has 0 bridgehead atoms. The molecule has 2 aliphatic rings. The molecule has 2 aromatic heterocycles. The van der Waals surface area contributed by atoms with Crippen LogP contribution in [0.3, 0.4) is 0 Å². The second kappa shape index (κ2) is 6.45. The first-order valence-corrected chi connectivity index (χ1v) is 9.83. The Morgan fingerprint density at radius 2 is 2.10 bits per heavy atom. The molecular formula is C21H24N6O2. The molecule has 2 aliphatic heterocycles. The number of hydrogen-bond donors (Lipinski definition) is 2. The van der Waals surface area contributed by atoms with E-state index in [4.69, 9.17) is 4.74 Å². The Labute approximate surface area is 168 Å². The summed E-state index contributed by atoms with van der Waals surface area (Å²) in [6, 6.07) is 12.1. The van der Waals surface area contributed by atoms with Gasteiger partial charge in [-0.3, -0.25) is 4.79 Å². The third-order valence-electron chi connectivity index (χ3n) is 5.77. The van der Waals surface area contributed by atoms with Gasteiger partial charge in [-0.1, -0.05) is 12.1 Å². The molecule has 0 radical (unpaired) electrons. The van der Waals surface area contributed by atoms with Gasteiger partial charge >= 0.3 is 0 Å². The van der Waals surface area contributed by atoms with E-state index < -0.39 is 5.41 Å². The number of amides is 1. The van der Waals surface area contributed by atoms with E-state index in [0.29, 0.717) is 12.6 Å². The minimum absolute atomic E-state index is 0.0992. The number of benzene rings is 1. The Bertz CT molecular complexity index is 1100. The highest BCUT2D eigenvalue weighted by Gasteiger charge is 2.42. The molecule has 1 saturated heterocycles. The number of nitrogens with zero attached hydrogens (tertiary/aromatic N) is 4. The zero-order valence-corrected chi connectivity index (χ0v) is 16.8. The lowest BCUT2D eigenvalue weighted by Crippen LogP contribution is -2.33. The fourth-order valence-corrected chi connectivity index (χ4v) is 4.11. The Morgan fingerprint density at radius 3 is 2.90 bits per heavy atom. The van der Waals surface area contributed by atoms with Gasteiger partial charge in [0.05, 0.1) is 18.1 Å². The summed E-state index contributed by atoms with van der Waals surface area (Å²) in [5.41, 5.74) is 3.04. The van der Waals surface area contributed by atoms with E-state index in [2.05, 4.69) is 20.7 Å². The number of hydrogen-bond acceptors (Lipinski definition) is 6. The smallest absolute Gasteiger partial charge is 0.247 e. The van der Waals surface area contributed by atoms with Crippen LogP contribution in [0.15, 0.2) is 36.4 Å². The number of pyridine rings is 1. The van der Waals surface area contributed by atoms with Gasteiger partial charge in [0.1, 0.15) is 5.82 Å². The molecule has 8 nitrogen and oxygen atoms in total. The summed E-state index contributed by atoms with van der Waals surface area (Å²) in [5.74, 6) is 1.50. The maximum Gasteiger partial charge on any atom is 0.247 e. The number of anilines is 4. The van der Waals surface area contributed by atoms with Crippen molar-refractivity contribution in [3.8, 4) is 0 Å². The molecule has 0 spiro atoms. The van der Waals surface area contributed by atoms with Crippen molar-refractivity contribution in [3.05, 3.63) is 42.0 Å². The number of rotatable bonds is 4. The highest BCUT2D eigenvalue weighted by atomic mass is 16.5. The summed E-state index contributed by atoms with van der Waals surface area (Å²) in [5, 5.41) is 11.4. The molecule has 150 valence electrons. The van der Waals surface area contributed by atoms with Crippen molar-refractivity contribution < 1.29 is 9.53 Å². The quantitative estimate of drug-likeness (QED) is 0.710.